The molecule has 1 aliphatic rings. The first-order valence-electron chi connectivity index (χ1n) is 3.51. The summed E-state index contributed by atoms with van der Waals surface area (Å²) in [6, 6.07) is 0. The van der Waals surface area contributed by atoms with Crippen LogP contribution in [0.1, 0.15) is 32.1 Å². The third-order valence-electron chi connectivity index (χ3n) is 1.94. The van der Waals surface area contributed by atoms with Crippen molar-refractivity contribution in [3.8, 4) is 0 Å². The van der Waals surface area contributed by atoms with Crippen LogP contribution in [0.2, 0.25) is 0 Å². The summed E-state index contributed by atoms with van der Waals surface area (Å²) in [6.07, 6.45) is 5.01. The van der Waals surface area contributed by atoms with Gasteiger partial charge in [0, 0.05) is 5.97 Å². The van der Waals surface area contributed by atoms with Gasteiger partial charge < -0.3 is 9.90 Å². The second kappa shape index (κ2) is 4.75. The number of rotatable bonds is 1. The molecule has 0 aromatic heterocycles. The average molecular weight is 191 g/mol. The maximum Gasteiger partial charge on any atom is 1.00 e. The van der Waals surface area contributed by atoms with Crippen LogP contribution in [0.25, 0.3) is 0 Å². The summed E-state index contributed by atoms with van der Waals surface area (Å²) < 4.78 is 0. The molecule has 0 aromatic rings. The van der Waals surface area contributed by atoms with Crippen molar-refractivity contribution in [1.82, 2.24) is 0 Å². The Kier molecular flexibility index (Phi) is 4.75. The summed E-state index contributed by atoms with van der Waals surface area (Å²) in [7, 11) is 0. The van der Waals surface area contributed by atoms with E-state index < -0.39 is 5.97 Å². The Balaban J connectivity index is 0.000000810. The minimum Gasteiger partial charge on any atom is -0.550 e. The Labute approximate surface area is 71.5 Å². The molecule has 0 atom stereocenters. The molecule has 1 fully saturated rings. The third kappa shape index (κ3) is 2.72. The van der Waals surface area contributed by atoms with E-state index in [4.69, 9.17) is 0 Å². The summed E-state index contributed by atoms with van der Waals surface area (Å²) in [6.45, 7) is 0. The second-order valence-electron chi connectivity index (χ2n) is 2.65. The summed E-state index contributed by atoms with van der Waals surface area (Å²) in [4.78, 5) is 10.2. The predicted molar refractivity (Wildman–Crippen MR) is 31.6 cm³/mol. The van der Waals surface area contributed by atoms with E-state index in [1.807, 2.05) is 0 Å². The minimum absolute atomic E-state index is 0. The largest absolute Gasteiger partial charge is 1.00 e. The van der Waals surface area contributed by atoms with Crippen LogP contribution in [0, 0.1) is 5.92 Å². The molecule has 62 valence electrons. The topological polar surface area (TPSA) is 40.1 Å². The first-order valence-corrected chi connectivity index (χ1v) is 3.51. The number of carboxylic acid groups (broad SMARTS) is 1. The van der Waals surface area contributed by atoms with Gasteiger partial charge in [0.2, 0.25) is 0 Å². The fourth-order valence-corrected chi connectivity index (χ4v) is 1.34. The number of carboxylic acids is 1. The standard InChI is InChI=1S/C7H12O2.Cu/c8-7(9)6-4-2-1-3-5-6;/h6H,1-5H2,(H,8,9);/q;+1/p-1. The van der Waals surface area contributed by atoms with Crippen molar-refractivity contribution < 1.29 is 27.0 Å². The third-order valence-corrected chi connectivity index (χ3v) is 1.94. The molecule has 0 unspecified atom stereocenters. The maximum absolute atomic E-state index is 10.2. The molecule has 0 N–H and O–H groups in total. The van der Waals surface area contributed by atoms with Gasteiger partial charge in [0.1, 0.15) is 0 Å². The zero-order valence-electron chi connectivity index (χ0n) is 5.73. The zero-order chi connectivity index (χ0) is 6.69. The molecule has 2 nitrogen and oxygen atoms in total. The van der Waals surface area contributed by atoms with Crippen LogP contribution in [0.5, 0.6) is 0 Å². The average Bonchev–Trinajstić information content (AvgIpc) is 1.90. The van der Waals surface area contributed by atoms with E-state index in [0.29, 0.717) is 0 Å². The molecule has 3 heteroatoms. The van der Waals surface area contributed by atoms with Crippen LogP contribution in [-0.2, 0) is 21.9 Å². The van der Waals surface area contributed by atoms with Gasteiger partial charge in [0.05, 0.1) is 0 Å². The molecule has 0 aromatic carbocycles. The van der Waals surface area contributed by atoms with Crippen molar-refractivity contribution in [1.29, 1.82) is 0 Å². The quantitative estimate of drug-likeness (QED) is 0.559. The van der Waals surface area contributed by atoms with Crippen molar-refractivity contribution in [2.24, 2.45) is 5.92 Å². The molecule has 0 spiro atoms. The van der Waals surface area contributed by atoms with Gasteiger partial charge in [-0.1, -0.05) is 19.3 Å². The molecule has 0 radical (unpaired) electrons. The van der Waals surface area contributed by atoms with Gasteiger partial charge in [-0.25, -0.2) is 0 Å². The Morgan fingerprint density at radius 2 is 1.70 bits per heavy atom. The number of carbonyl (C=O) groups is 1. The van der Waals surface area contributed by atoms with Crippen LogP contribution >= 0.6 is 0 Å². The van der Waals surface area contributed by atoms with Gasteiger partial charge in [0.15, 0.2) is 0 Å². The van der Waals surface area contributed by atoms with Crippen molar-refractivity contribution in [2.75, 3.05) is 0 Å². The molecule has 0 heterocycles. The van der Waals surface area contributed by atoms with Crippen LogP contribution in [-0.4, -0.2) is 5.97 Å². The SMILES string of the molecule is O=C([O-])C1CCCCC1.[Cu+]. The van der Waals surface area contributed by atoms with Gasteiger partial charge in [-0.15, -0.1) is 0 Å². The molecule has 0 bridgehead atoms. The number of hydrogen-bond donors (Lipinski definition) is 0. The van der Waals surface area contributed by atoms with Crippen LogP contribution in [0.4, 0.5) is 0 Å². The fraction of sp³-hybridized carbons (Fsp3) is 0.857. The Hall–Kier alpha value is -0.0105. The molecule has 1 rings (SSSR count). The van der Waals surface area contributed by atoms with E-state index in [1.165, 1.54) is 6.42 Å². The minimum atomic E-state index is -0.852. The molecular formula is C7H11CuO2. The van der Waals surface area contributed by atoms with E-state index in [-0.39, 0.29) is 23.0 Å². The number of hydrogen-bond acceptors (Lipinski definition) is 2. The van der Waals surface area contributed by atoms with E-state index in [9.17, 15) is 9.90 Å². The van der Waals surface area contributed by atoms with Crippen LogP contribution < -0.4 is 5.11 Å². The molecule has 1 saturated carbocycles. The summed E-state index contributed by atoms with van der Waals surface area (Å²) >= 11 is 0. The van der Waals surface area contributed by atoms with Crippen LogP contribution in [0.15, 0.2) is 0 Å². The summed E-state index contributed by atoms with van der Waals surface area (Å²) in [5.74, 6) is -0.992. The molecule has 1 aliphatic carbocycles. The van der Waals surface area contributed by atoms with Crippen molar-refractivity contribution in [2.45, 2.75) is 32.1 Å². The Bertz CT molecular complexity index is 108. The molecular weight excluding hydrogens is 180 g/mol. The first-order chi connectivity index (χ1) is 4.30. The van der Waals surface area contributed by atoms with E-state index >= 15 is 0 Å². The smallest absolute Gasteiger partial charge is 0.550 e. The van der Waals surface area contributed by atoms with Gasteiger partial charge >= 0.3 is 17.1 Å². The van der Waals surface area contributed by atoms with E-state index in [2.05, 4.69) is 0 Å². The van der Waals surface area contributed by atoms with Gasteiger partial charge in [0.25, 0.3) is 0 Å². The zero-order valence-corrected chi connectivity index (χ0v) is 6.67. The molecule has 10 heavy (non-hydrogen) atoms. The van der Waals surface area contributed by atoms with Crippen molar-refractivity contribution >= 4 is 5.97 Å². The van der Waals surface area contributed by atoms with E-state index in [0.717, 1.165) is 25.7 Å². The number of carbonyl (C=O) groups excluding carboxylic acids is 1. The Morgan fingerprint density at radius 3 is 2.00 bits per heavy atom. The summed E-state index contributed by atoms with van der Waals surface area (Å²) in [5, 5.41) is 10.2. The molecule has 0 amide bonds. The van der Waals surface area contributed by atoms with Crippen molar-refractivity contribution in [3.05, 3.63) is 0 Å². The molecule has 0 saturated heterocycles. The molecule has 0 aliphatic heterocycles. The van der Waals surface area contributed by atoms with Gasteiger partial charge in [-0.3, -0.25) is 0 Å². The fourth-order valence-electron chi connectivity index (χ4n) is 1.34. The monoisotopic (exact) mass is 190 g/mol. The van der Waals surface area contributed by atoms with E-state index in [1.54, 1.807) is 0 Å². The van der Waals surface area contributed by atoms with Gasteiger partial charge in [-0.05, 0) is 18.8 Å². The predicted octanol–water partition coefficient (Wildman–Crippen LogP) is 0.314. The normalized spacial score (nSPS) is 19.6. The first kappa shape index (κ1) is 9.99. The maximum atomic E-state index is 10.2. The van der Waals surface area contributed by atoms with Crippen LogP contribution in [0.3, 0.4) is 0 Å². The van der Waals surface area contributed by atoms with Gasteiger partial charge in [-0.2, -0.15) is 0 Å². The summed E-state index contributed by atoms with van der Waals surface area (Å²) in [5.41, 5.74) is 0. The van der Waals surface area contributed by atoms with Crippen molar-refractivity contribution in [3.63, 3.8) is 0 Å². The Morgan fingerprint density at radius 1 is 1.20 bits per heavy atom. The second-order valence-corrected chi connectivity index (χ2v) is 2.65. The number of aliphatic carboxylic acids is 1.